The predicted molar refractivity (Wildman–Crippen MR) is 115 cm³/mol. The van der Waals surface area contributed by atoms with E-state index in [-0.39, 0.29) is 23.8 Å². The average Bonchev–Trinajstić information content (AvgIpc) is 2.61. The highest BCUT2D eigenvalue weighted by Gasteiger charge is 2.42. The first kappa shape index (κ1) is 23.8. The van der Waals surface area contributed by atoms with Crippen molar-refractivity contribution in [3.8, 4) is 0 Å². The molecule has 29 heavy (non-hydrogen) atoms. The Morgan fingerprint density at radius 1 is 0.759 bits per heavy atom. The number of hydrogen-bond acceptors (Lipinski definition) is 9. The molecular weight excluding hydrogens is 437 g/mol. The van der Waals surface area contributed by atoms with Gasteiger partial charge in [0.1, 0.15) is 0 Å². The molecule has 0 bridgehead atoms. The average molecular weight is 462 g/mol. The fourth-order valence-electron chi connectivity index (χ4n) is 2.43. The van der Waals surface area contributed by atoms with Crippen LogP contribution < -0.4 is 22.1 Å². The van der Waals surface area contributed by atoms with Gasteiger partial charge >= 0.3 is 22.8 Å². The number of benzene rings is 2. The molecule has 0 radical (unpaired) electrons. The van der Waals surface area contributed by atoms with Gasteiger partial charge in [0.05, 0.1) is 23.8 Å². The van der Waals surface area contributed by atoms with Gasteiger partial charge in [-0.3, -0.25) is 13.7 Å². The van der Waals surface area contributed by atoms with E-state index >= 15 is 0 Å². The molecule has 2 aromatic carbocycles. The quantitative estimate of drug-likeness (QED) is 0.394. The second kappa shape index (κ2) is 9.59. The Bertz CT molecular complexity index is 923. The van der Waals surface area contributed by atoms with E-state index in [1.807, 2.05) is 0 Å². The predicted octanol–water partition coefficient (Wildman–Crippen LogP) is 4.12. The summed E-state index contributed by atoms with van der Waals surface area (Å²) in [6, 6.07) is 12.0. The summed E-state index contributed by atoms with van der Waals surface area (Å²) >= 11 is 0. The molecule has 2 rings (SSSR count). The molecule has 9 nitrogen and oxygen atoms in total. The van der Waals surface area contributed by atoms with Gasteiger partial charge in [-0.05, 0) is 50.2 Å². The maximum Gasteiger partial charge on any atom is 0.368 e. The molecule has 0 aliphatic rings. The summed E-state index contributed by atoms with van der Waals surface area (Å²) in [6.07, 6.45) is 0. The summed E-state index contributed by atoms with van der Waals surface area (Å²) in [5, 5.41) is 0.195. The Labute approximate surface area is 170 Å². The molecule has 0 spiro atoms. The molecule has 2 atom stereocenters. The van der Waals surface area contributed by atoms with Crippen molar-refractivity contribution in [2.75, 3.05) is 31.3 Å². The number of nitrogen functional groups attached to an aromatic ring is 2. The fourth-order valence-corrected chi connectivity index (χ4v) is 9.20. The van der Waals surface area contributed by atoms with Crippen molar-refractivity contribution in [1.82, 2.24) is 0 Å². The molecule has 0 aliphatic heterocycles. The standard InChI is InChI=1S/C17H25N2O7P3/c1-4-23-28(21,16-10-6-8-14(18)12-16)25-27(3,20)26-29(22,24-5-2)17-11-7-9-15(19)13-17/h6-13H,4-5,18-19H2,1-3H3. The number of anilines is 2. The Hall–Kier alpha value is -1.43. The van der Waals surface area contributed by atoms with E-state index in [0.29, 0.717) is 11.4 Å². The molecule has 0 aliphatic carbocycles. The maximum atomic E-state index is 13.3. The maximum absolute atomic E-state index is 13.3. The third-order valence-electron chi connectivity index (χ3n) is 3.48. The van der Waals surface area contributed by atoms with Crippen molar-refractivity contribution < 1.29 is 31.4 Å². The van der Waals surface area contributed by atoms with Crippen molar-refractivity contribution in [1.29, 1.82) is 0 Å². The lowest BCUT2D eigenvalue weighted by molar-refractivity contribution is 0.259. The second-order valence-corrected chi connectivity index (χ2v) is 12.3. The molecule has 4 N–H and O–H groups in total. The number of nitrogens with two attached hydrogens (primary N) is 2. The number of rotatable bonds is 10. The lowest BCUT2D eigenvalue weighted by atomic mass is 10.3. The third kappa shape index (κ3) is 6.27. The molecule has 12 heteroatoms. The Morgan fingerprint density at radius 2 is 1.14 bits per heavy atom. The van der Waals surface area contributed by atoms with Crippen LogP contribution in [0.4, 0.5) is 11.4 Å². The molecule has 0 fully saturated rings. The van der Waals surface area contributed by atoms with Crippen LogP contribution in [0.2, 0.25) is 0 Å². The van der Waals surface area contributed by atoms with Crippen molar-refractivity contribution in [3.63, 3.8) is 0 Å². The molecule has 0 saturated carbocycles. The summed E-state index contributed by atoms with van der Waals surface area (Å²) in [5.74, 6) is 0. The van der Waals surface area contributed by atoms with E-state index in [9.17, 15) is 13.7 Å². The molecule has 0 aromatic heterocycles. The van der Waals surface area contributed by atoms with E-state index in [1.165, 1.54) is 24.3 Å². The van der Waals surface area contributed by atoms with Gasteiger partial charge in [-0.25, -0.2) is 8.62 Å². The minimum atomic E-state index is -4.21. The smallest absolute Gasteiger partial charge is 0.368 e. The van der Waals surface area contributed by atoms with E-state index in [1.54, 1.807) is 38.1 Å². The van der Waals surface area contributed by atoms with Gasteiger partial charge in [0.25, 0.3) is 0 Å². The van der Waals surface area contributed by atoms with Crippen LogP contribution in [0.5, 0.6) is 0 Å². The summed E-state index contributed by atoms with van der Waals surface area (Å²) in [6.45, 7) is 4.25. The summed E-state index contributed by atoms with van der Waals surface area (Å²) in [7, 11) is -12.4. The zero-order valence-corrected chi connectivity index (χ0v) is 19.1. The van der Waals surface area contributed by atoms with Crippen molar-refractivity contribution >= 4 is 44.8 Å². The van der Waals surface area contributed by atoms with Crippen LogP contribution >= 0.6 is 22.8 Å². The van der Waals surface area contributed by atoms with Crippen LogP contribution in [-0.2, 0) is 31.4 Å². The van der Waals surface area contributed by atoms with Crippen LogP contribution in [-0.4, -0.2) is 19.9 Å². The summed E-state index contributed by atoms with van der Waals surface area (Å²) in [5.41, 5.74) is 12.1. The van der Waals surface area contributed by atoms with E-state index in [2.05, 4.69) is 0 Å². The van der Waals surface area contributed by atoms with Crippen LogP contribution in [0, 0.1) is 0 Å². The zero-order chi connectivity index (χ0) is 21.7. The molecular formula is C17H25N2O7P3. The minimum absolute atomic E-state index is 0.00438. The summed E-state index contributed by atoms with van der Waals surface area (Å²) < 4.78 is 60.9. The molecule has 0 saturated heterocycles. The Balaban J connectivity index is 2.39. The molecule has 160 valence electrons. The monoisotopic (exact) mass is 462 g/mol. The first-order valence-electron chi connectivity index (χ1n) is 8.75. The molecule has 2 unspecified atom stereocenters. The number of hydrogen-bond donors (Lipinski definition) is 2. The van der Waals surface area contributed by atoms with E-state index in [0.717, 1.165) is 6.66 Å². The van der Waals surface area contributed by atoms with Crippen molar-refractivity contribution in [2.24, 2.45) is 0 Å². The topological polar surface area (TPSA) is 140 Å². The normalized spacial score (nSPS) is 17.8. The van der Waals surface area contributed by atoms with Gasteiger partial charge in [0, 0.05) is 18.0 Å². The van der Waals surface area contributed by atoms with Crippen molar-refractivity contribution in [2.45, 2.75) is 13.8 Å². The van der Waals surface area contributed by atoms with Gasteiger partial charge in [0.15, 0.2) is 0 Å². The largest absolute Gasteiger partial charge is 0.399 e. The van der Waals surface area contributed by atoms with E-state index < -0.39 is 22.8 Å². The highest BCUT2D eigenvalue weighted by atomic mass is 31.3. The SMILES string of the molecule is CCOP(=O)(OP(C)(=O)OP(=O)(OCC)c1cccc(N)c1)c1cccc(N)c1. The molecule has 0 heterocycles. The first-order chi connectivity index (χ1) is 13.5. The fraction of sp³-hybridized carbons (Fsp3) is 0.294. The van der Waals surface area contributed by atoms with Gasteiger partial charge in [-0.2, -0.15) is 0 Å². The van der Waals surface area contributed by atoms with Gasteiger partial charge in [-0.15, -0.1) is 0 Å². The lowest BCUT2D eigenvalue weighted by Crippen LogP contribution is -2.13. The van der Waals surface area contributed by atoms with Gasteiger partial charge < -0.3 is 20.5 Å². The minimum Gasteiger partial charge on any atom is -0.399 e. The second-order valence-electron chi connectivity index (χ2n) is 5.96. The van der Waals surface area contributed by atoms with E-state index in [4.69, 9.17) is 29.1 Å². The highest BCUT2D eigenvalue weighted by molar-refractivity contribution is 7.76. The van der Waals surface area contributed by atoms with Crippen LogP contribution in [0.25, 0.3) is 0 Å². The zero-order valence-electron chi connectivity index (χ0n) is 16.4. The Morgan fingerprint density at radius 3 is 1.45 bits per heavy atom. The van der Waals surface area contributed by atoms with Gasteiger partial charge in [0.2, 0.25) is 0 Å². The third-order valence-corrected chi connectivity index (χ3v) is 10.6. The Kier molecular flexibility index (Phi) is 7.88. The highest BCUT2D eigenvalue weighted by Crippen LogP contribution is 2.69. The van der Waals surface area contributed by atoms with Crippen molar-refractivity contribution in [3.05, 3.63) is 48.5 Å². The van der Waals surface area contributed by atoms with Gasteiger partial charge in [-0.1, -0.05) is 12.1 Å². The molecule has 0 amide bonds. The van der Waals surface area contributed by atoms with Crippen LogP contribution in [0.3, 0.4) is 0 Å². The van der Waals surface area contributed by atoms with Crippen LogP contribution in [0.15, 0.2) is 48.5 Å². The lowest BCUT2D eigenvalue weighted by Gasteiger charge is -2.25. The van der Waals surface area contributed by atoms with Crippen LogP contribution in [0.1, 0.15) is 13.8 Å². The molecule has 2 aromatic rings. The summed E-state index contributed by atoms with van der Waals surface area (Å²) in [4.78, 5) is 0. The first-order valence-corrected chi connectivity index (χ1v) is 13.8.